The van der Waals surface area contributed by atoms with Crippen LogP contribution in [0.1, 0.15) is 58.2 Å². The largest absolute Gasteiger partial charge is 0.482 e. The minimum absolute atomic E-state index is 0.0267. The fourth-order valence-electron chi connectivity index (χ4n) is 4.23. The molecule has 1 atom stereocenters. The summed E-state index contributed by atoms with van der Waals surface area (Å²) in [5.74, 6) is -1.59. The predicted octanol–water partition coefficient (Wildman–Crippen LogP) is 6.82. The molecule has 1 unspecified atom stereocenters. The highest BCUT2D eigenvalue weighted by molar-refractivity contribution is 6.36. The molecular weight excluding hydrogens is 539 g/mol. The molecule has 0 saturated carbocycles. The van der Waals surface area contributed by atoms with E-state index in [9.17, 15) is 13.6 Å². The van der Waals surface area contributed by atoms with E-state index in [1.54, 1.807) is 30.3 Å². The fraction of sp³-hybridized carbons (Fsp3) is 0.423. The van der Waals surface area contributed by atoms with Crippen LogP contribution in [0, 0.1) is 11.6 Å². The number of nitrogens with two attached hydrogens (primary N) is 1. The first kappa shape index (κ1) is 27.9. The van der Waals surface area contributed by atoms with Gasteiger partial charge in [-0.1, -0.05) is 23.2 Å². The summed E-state index contributed by atoms with van der Waals surface area (Å²) in [5.41, 5.74) is 6.91. The van der Waals surface area contributed by atoms with Gasteiger partial charge in [-0.3, -0.25) is 4.68 Å². The number of carbonyl (C=O) groups excluding carboxylic acids is 1. The molecule has 3 aromatic rings. The van der Waals surface area contributed by atoms with Crippen LogP contribution in [-0.2, 0) is 4.74 Å². The van der Waals surface area contributed by atoms with Crippen LogP contribution < -0.4 is 10.5 Å². The van der Waals surface area contributed by atoms with Gasteiger partial charge in [0.15, 0.2) is 11.6 Å². The third kappa shape index (κ3) is 6.13. The molecule has 1 aliphatic rings. The van der Waals surface area contributed by atoms with Gasteiger partial charge in [-0.2, -0.15) is 5.10 Å². The number of likely N-dealkylation sites (tertiary alicyclic amines) is 1. The third-order valence-electron chi connectivity index (χ3n) is 6.16. The summed E-state index contributed by atoms with van der Waals surface area (Å²) in [7, 11) is 0. The third-order valence-corrected chi connectivity index (χ3v) is 6.93. The Hall–Kier alpha value is -3.11. The zero-order valence-corrected chi connectivity index (χ0v) is 23.0. The molecule has 8 nitrogen and oxygen atoms in total. The van der Waals surface area contributed by atoms with E-state index in [0.29, 0.717) is 24.7 Å². The van der Waals surface area contributed by atoms with Crippen molar-refractivity contribution >= 4 is 35.1 Å². The highest BCUT2D eigenvalue weighted by Crippen LogP contribution is 2.38. The van der Waals surface area contributed by atoms with E-state index in [0.717, 1.165) is 18.4 Å². The van der Waals surface area contributed by atoms with Crippen molar-refractivity contribution in [1.82, 2.24) is 19.7 Å². The van der Waals surface area contributed by atoms with Crippen LogP contribution in [0.25, 0.3) is 11.1 Å². The van der Waals surface area contributed by atoms with E-state index in [-0.39, 0.29) is 39.3 Å². The Balaban J connectivity index is 1.47. The first-order chi connectivity index (χ1) is 17.8. The Kier molecular flexibility index (Phi) is 8.04. The van der Waals surface area contributed by atoms with Gasteiger partial charge in [0.25, 0.3) is 0 Å². The molecule has 38 heavy (non-hydrogen) atoms. The van der Waals surface area contributed by atoms with Crippen molar-refractivity contribution < 1.29 is 23.0 Å². The lowest BCUT2D eigenvalue weighted by Crippen LogP contribution is -2.42. The highest BCUT2D eigenvalue weighted by atomic mass is 35.5. The number of amides is 1. The van der Waals surface area contributed by atoms with Crippen molar-refractivity contribution in [1.29, 1.82) is 0 Å². The number of pyridine rings is 1. The summed E-state index contributed by atoms with van der Waals surface area (Å²) < 4.78 is 41.2. The molecule has 0 spiro atoms. The molecular formula is C26H29Cl2F2N5O3. The topological polar surface area (TPSA) is 95.5 Å². The van der Waals surface area contributed by atoms with Crippen LogP contribution in [0.4, 0.5) is 19.4 Å². The minimum atomic E-state index is -0.941. The van der Waals surface area contributed by atoms with Crippen LogP contribution in [-0.4, -0.2) is 44.4 Å². The number of halogens is 4. The van der Waals surface area contributed by atoms with Gasteiger partial charge in [0, 0.05) is 48.2 Å². The Morgan fingerprint density at radius 3 is 2.34 bits per heavy atom. The number of piperidine rings is 1. The van der Waals surface area contributed by atoms with E-state index in [4.69, 9.17) is 38.4 Å². The van der Waals surface area contributed by atoms with Crippen molar-refractivity contribution in [3.8, 4) is 16.9 Å². The molecule has 1 aromatic carbocycles. The van der Waals surface area contributed by atoms with Crippen LogP contribution in [0.3, 0.4) is 0 Å². The predicted molar refractivity (Wildman–Crippen MR) is 141 cm³/mol. The van der Waals surface area contributed by atoms with E-state index < -0.39 is 23.3 Å². The summed E-state index contributed by atoms with van der Waals surface area (Å²) in [6, 6.07) is 2.41. The van der Waals surface area contributed by atoms with Gasteiger partial charge < -0.3 is 20.1 Å². The number of hydrogen-bond donors (Lipinski definition) is 1. The number of benzene rings is 1. The molecule has 2 aromatic heterocycles. The molecule has 1 aliphatic heterocycles. The summed E-state index contributed by atoms with van der Waals surface area (Å²) in [6.07, 6.45) is 5.42. The maximum atomic E-state index is 14.0. The number of carbonyl (C=O) groups is 1. The SMILES string of the molecule is CC(Oc1cc(-c2cnn(C3CCN(C(=O)OC(C)(C)C)CC3)c2)cnc1N)c1c(Cl)c(F)cc(F)c1Cl. The molecule has 2 N–H and O–H groups in total. The minimum Gasteiger partial charge on any atom is -0.482 e. The van der Waals surface area contributed by atoms with Gasteiger partial charge in [-0.25, -0.2) is 18.6 Å². The van der Waals surface area contributed by atoms with Gasteiger partial charge in [0.05, 0.1) is 22.3 Å². The number of hydrogen-bond acceptors (Lipinski definition) is 6. The highest BCUT2D eigenvalue weighted by Gasteiger charge is 2.28. The number of aromatic nitrogens is 3. The average Bonchev–Trinajstić information content (AvgIpc) is 3.34. The van der Waals surface area contributed by atoms with E-state index >= 15 is 0 Å². The van der Waals surface area contributed by atoms with Crippen molar-refractivity contribution in [2.24, 2.45) is 0 Å². The number of ether oxygens (including phenoxy) is 2. The molecule has 204 valence electrons. The molecule has 1 saturated heterocycles. The molecule has 1 amide bonds. The van der Waals surface area contributed by atoms with Crippen LogP contribution in [0.5, 0.6) is 5.75 Å². The Morgan fingerprint density at radius 2 is 1.74 bits per heavy atom. The van der Waals surface area contributed by atoms with Crippen LogP contribution >= 0.6 is 23.2 Å². The summed E-state index contributed by atoms with van der Waals surface area (Å²) in [4.78, 5) is 18.3. The molecule has 3 heterocycles. The molecule has 0 radical (unpaired) electrons. The number of nitrogens with zero attached hydrogens (tertiary/aromatic N) is 4. The molecule has 0 aliphatic carbocycles. The van der Waals surface area contributed by atoms with Crippen LogP contribution in [0.15, 0.2) is 30.7 Å². The average molecular weight is 568 g/mol. The standard InChI is InChI=1S/C26H29Cl2F2N5O3/c1-14(21-22(27)18(29)10-19(30)23(21)28)37-20-9-15(11-32-24(20)31)16-12-33-35(13-16)17-5-7-34(8-6-17)25(36)38-26(2,3)4/h9-14,17H,5-8H2,1-4H3,(H2,31,32). The molecule has 12 heteroatoms. The Bertz CT molecular complexity index is 1310. The maximum Gasteiger partial charge on any atom is 0.410 e. The quantitative estimate of drug-likeness (QED) is 0.339. The van der Waals surface area contributed by atoms with Gasteiger partial charge in [-0.05, 0) is 46.6 Å². The van der Waals surface area contributed by atoms with Gasteiger partial charge in [0.1, 0.15) is 23.3 Å². The first-order valence-corrected chi connectivity index (χ1v) is 12.9. The summed E-state index contributed by atoms with van der Waals surface area (Å²) >= 11 is 12.1. The van der Waals surface area contributed by atoms with E-state index in [1.165, 1.54) is 0 Å². The Labute approximate surface area is 229 Å². The fourth-order valence-corrected chi connectivity index (χ4v) is 4.89. The molecule has 0 bridgehead atoms. The lowest BCUT2D eigenvalue weighted by molar-refractivity contribution is 0.0185. The van der Waals surface area contributed by atoms with E-state index in [1.807, 2.05) is 31.6 Å². The molecule has 1 fully saturated rings. The lowest BCUT2D eigenvalue weighted by Gasteiger charge is -2.33. The smallest absolute Gasteiger partial charge is 0.410 e. The summed E-state index contributed by atoms with van der Waals surface area (Å²) in [5, 5.41) is 3.86. The lowest BCUT2D eigenvalue weighted by atomic mass is 10.1. The monoisotopic (exact) mass is 567 g/mol. The number of rotatable bonds is 5. The van der Waals surface area contributed by atoms with Crippen molar-refractivity contribution in [3.05, 3.63) is 58.0 Å². The zero-order valence-electron chi connectivity index (χ0n) is 21.5. The van der Waals surface area contributed by atoms with Crippen molar-refractivity contribution in [3.63, 3.8) is 0 Å². The van der Waals surface area contributed by atoms with Crippen molar-refractivity contribution in [2.45, 2.75) is 58.3 Å². The second kappa shape index (κ2) is 10.9. The number of nitrogen functional groups attached to an aromatic ring is 1. The van der Waals surface area contributed by atoms with Crippen molar-refractivity contribution in [2.75, 3.05) is 18.8 Å². The van der Waals surface area contributed by atoms with Gasteiger partial charge in [0.2, 0.25) is 0 Å². The van der Waals surface area contributed by atoms with Gasteiger partial charge in [-0.15, -0.1) is 0 Å². The second-order valence-electron chi connectivity index (χ2n) is 10.2. The van der Waals surface area contributed by atoms with Gasteiger partial charge >= 0.3 is 6.09 Å². The first-order valence-electron chi connectivity index (χ1n) is 12.1. The maximum absolute atomic E-state index is 14.0. The Morgan fingerprint density at radius 1 is 1.11 bits per heavy atom. The normalized spacial score (nSPS) is 15.4. The van der Waals surface area contributed by atoms with Crippen LogP contribution in [0.2, 0.25) is 10.0 Å². The number of anilines is 1. The second-order valence-corrected chi connectivity index (χ2v) is 10.9. The summed E-state index contributed by atoms with van der Waals surface area (Å²) in [6.45, 7) is 8.23. The van der Waals surface area contributed by atoms with E-state index in [2.05, 4.69) is 10.1 Å². The zero-order chi connectivity index (χ0) is 27.8. The molecule has 4 rings (SSSR count).